The smallest absolute Gasteiger partial charge is 0.325 e. The topological polar surface area (TPSA) is 70.9 Å². The number of amides is 1. The molecule has 0 bridgehead atoms. The molecular weight excluding hydrogens is 443 g/mol. The Morgan fingerprint density at radius 3 is 2.44 bits per heavy atom. The van der Waals surface area contributed by atoms with Gasteiger partial charge in [0.15, 0.2) is 6.54 Å². The highest BCUT2D eigenvalue weighted by Gasteiger charge is 2.40. The van der Waals surface area contributed by atoms with Crippen LogP contribution >= 0.6 is 0 Å². The molecule has 2 N–H and O–H groups in total. The normalized spacial score (nSPS) is 17.8. The van der Waals surface area contributed by atoms with Crippen LogP contribution in [0.4, 0.5) is 18.9 Å². The lowest BCUT2D eigenvalue weighted by Crippen LogP contribution is -3.15. The lowest BCUT2D eigenvalue weighted by molar-refractivity contribution is -0.895. The van der Waals surface area contributed by atoms with E-state index >= 15 is 0 Å². The molecule has 4 rings (SSSR count). The van der Waals surface area contributed by atoms with Crippen LogP contribution in [-0.2, 0) is 33.8 Å². The summed E-state index contributed by atoms with van der Waals surface area (Å²) in [6.07, 6.45) is -1.56. The van der Waals surface area contributed by atoms with E-state index in [1.807, 2.05) is 18.2 Å². The molecule has 0 unspecified atom stereocenters. The zero-order chi connectivity index (χ0) is 22.9. The molecule has 1 aliphatic heterocycles. The number of rotatable bonds is 5. The van der Waals surface area contributed by atoms with Crippen molar-refractivity contribution in [1.29, 1.82) is 0 Å². The van der Waals surface area contributed by atoms with Crippen molar-refractivity contribution in [2.24, 2.45) is 0 Å². The minimum atomic E-state index is -4.76. The number of anilines is 1. The number of sulfonamides is 1. The third kappa shape index (κ3) is 4.82. The first kappa shape index (κ1) is 22.8. The number of hydrogen-bond acceptors (Lipinski definition) is 3. The van der Waals surface area contributed by atoms with Crippen LogP contribution in [0.2, 0.25) is 0 Å². The van der Waals surface area contributed by atoms with Gasteiger partial charge in [-0.05, 0) is 54.7 Å². The van der Waals surface area contributed by atoms with Gasteiger partial charge in [-0.3, -0.25) is 4.79 Å². The number of nitrogens with zero attached hydrogens (tertiary/aromatic N) is 1. The van der Waals surface area contributed by atoms with E-state index in [1.54, 1.807) is 0 Å². The number of nitrogens with one attached hydrogen (secondary N) is 2. The molecular formula is C22H25F3N3O3S+. The molecule has 0 radical (unpaired) electrons. The van der Waals surface area contributed by atoms with Gasteiger partial charge in [0, 0.05) is 5.69 Å². The van der Waals surface area contributed by atoms with Crippen molar-refractivity contribution in [3.05, 3.63) is 59.2 Å². The van der Waals surface area contributed by atoms with E-state index in [2.05, 4.69) is 5.32 Å². The van der Waals surface area contributed by atoms with Crippen molar-refractivity contribution in [3.8, 4) is 0 Å². The van der Waals surface area contributed by atoms with E-state index in [0.717, 1.165) is 46.3 Å². The monoisotopic (exact) mass is 468 g/mol. The van der Waals surface area contributed by atoms with Crippen molar-refractivity contribution < 1.29 is 31.3 Å². The van der Waals surface area contributed by atoms with Gasteiger partial charge in [0.1, 0.15) is 0 Å². The molecule has 172 valence electrons. The number of alkyl halides is 3. The van der Waals surface area contributed by atoms with Gasteiger partial charge in [-0.1, -0.05) is 18.2 Å². The Bertz CT molecular complexity index is 1110. The third-order valence-corrected chi connectivity index (χ3v) is 7.99. The predicted octanol–water partition coefficient (Wildman–Crippen LogP) is 1.72. The number of carbonyl (C=O) groups is 1. The molecule has 32 heavy (non-hydrogen) atoms. The molecule has 0 atom stereocenters. The Kier molecular flexibility index (Phi) is 6.28. The summed E-state index contributed by atoms with van der Waals surface area (Å²) in [5.41, 5.74) is 2.16. The summed E-state index contributed by atoms with van der Waals surface area (Å²) < 4.78 is 66.6. The SMILES string of the molecule is O=C(C[NH+]1CCN(S(=O)(=O)c2ccccc2C(F)(F)F)CC1)Nc1ccc2c(c1)CCC2. The number of aryl methyl sites for hydroxylation is 2. The van der Waals surface area contributed by atoms with Crippen LogP contribution in [0.25, 0.3) is 0 Å². The van der Waals surface area contributed by atoms with Crippen LogP contribution in [0.1, 0.15) is 23.1 Å². The summed E-state index contributed by atoms with van der Waals surface area (Å²) in [5, 5.41) is 2.89. The van der Waals surface area contributed by atoms with E-state index in [9.17, 15) is 26.4 Å². The first-order valence-corrected chi connectivity index (χ1v) is 12.0. The largest absolute Gasteiger partial charge is 0.417 e. The fraction of sp³-hybridized carbons (Fsp3) is 0.409. The van der Waals surface area contributed by atoms with Crippen LogP contribution in [0.3, 0.4) is 0 Å². The molecule has 2 aromatic rings. The van der Waals surface area contributed by atoms with Gasteiger partial charge in [-0.2, -0.15) is 17.5 Å². The molecule has 1 fully saturated rings. The van der Waals surface area contributed by atoms with Crippen LogP contribution < -0.4 is 10.2 Å². The van der Waals surface area contributed by atoms with Crippen LogP contribution in [0, 0.1) is 0 Å². The number of benzene rings is 2. The highest BCUT2D eigenvalue weighted by molar-refractivity contribution is 7.89. The Hall–Kier alpha value is -2.43. The second kappa shape index (κ2) is 8.84. The van der Waals surface area contributed by atoms with E-state index < -0.39 is 26.7 Å². The van der Waals surface area contributed by atoms with Gasteiger partial charge in [0.2, 0.25) is 10.0 Å². The summed E-state index contributed by atoms with van der Waals surface area (Å²) in [5.74, 6) is -0.170. The van der Waals surface area contributed by atoms with Gasteiger partial charge < -0.3 is 10.2 Å². The zero-order valence-electron chi connectivity index (χ0n) is 17.4. The molecule has 10 heteroatoms. The molecule has 0 spiro atoms. The van der Waals surface area contributed by atoms with Crippen molar-refractivity contribution in [3.63, 3.8) is 0 Å². The first-order valence-electron chi connectivity index (χ1n) is 10.6. The maximum atomic E-state index is 13.3. The van der Waals surface area contributed by atoms with E-state index in [0.29, 0.717) is 13.1 Å². The molecule has 6 nitrogen and oxygen atoms in total. The predicted molar refractivity (Wildman–Crippen MR) is 113 cm³/mol. The summed E-state index contributed by atoms with van der Waals surface area (Å²) in [6, 6.07) is 10.1. The van der Waals surface area contributed by atoms with E-state index in [4.69, 9.17) is 0 Å². The fourth-order valence-corrected chi connectivity index (χ4v) is 6.02. The third-order valence-electron chi connectivity index (χ3n) is 6.03. The minimum Gasteiger partial charge on any atom is -0.325 e. The van der Waals surface area contributed by atoms with E-state index in [-0.39, 0.29) is 25.5 Å². The number of piperazine rings is 1. The lowest BCUT2D eigenvalue weighted by atomic mass is 10.1. The number of hydrogen-bond donors (Lipinski definition) is 2. The number of halogens is 3. The standard InChI is InChI=1S/C22H24F3N3O3S/c23-22(24,25)19-6-1-2-7-20(19)32(30,31)28-12-10-27(11-13-28)15-21(29)26-18-9-8-16-4-3-5-17(16)14-18/h1-2,6-9,14H,3-5,10-13,15H2,(H,26,29)/p+1. The van der Waals surface area contributed by atoms with Gasteiger partial charge in [0.05, 0.1) is 36.6 Å². The van der Waals surface area contributed by atoms with Gasteiger partial charge in [-0.15, -0.1) is 0 Å². The molecule has 0 aromatic heterocycles. The fourth-order valence-electron chi connectivity index (χ4n) is 4.37. The maximum Gasteiger partial charge on any atom is 0.417 e. The number of carbonyl (C=O) groups excluding carboxylic acids is 1. The first-order chi connectivity index (χ1) is 15.1. The highest BCUT2D eigenvalue weighted by Crippen LogP contribution is 2.35. The van der Waals surface area contributed by atoms with Crippen molar-refractivity contribution in [2.45, 2.75) is 30.3 Å². The second-order valence-corrected chi connectivity index (χ2v) is 10.1. The Morgan fingerprint density at radius 1 is 1.03 bits per heavy atom. The Labute approximate surface area is 185 Å². The molecule has 0 saturated carbocycles. The van der Waals surface area contributed by atoms with Crippen LogP contribution in [-0.4, -0.2) is 51.4 Å². The van der Waals surface area contributed by atoms with Crippen molar-refractivity contribution >= 4 is 21.6 Å². The molecule has 1 amide bonds. The second-order valence-electron chi connectivity index (χ2n) is 8.21. The van der Waals surface area contributed by atoms with Gasteiger partial charge >= 0.3 is 6.18 Å². The minimum absolute atomic E-state index is 0.0516. The van der Waals surface area contributed by atoms with Crippen molar-refractivity contribution in [2.75, 3.05) is 38.0 Å². The number of quaternary nitrogens is 1. The van der Waals surface area contributed by atoms with Gasteiger partial charge in [-0.25, -0.2) is 8.42 Å². The van der Waals surface area contributed by atoms with Crippen LogP contribution in [0.5, 0.6) is 0 Å². The summed E-state index contributed by atoms with van der Waals surface area (Å²) in [7, 11) is -4.28. The zero-order valence-corrected chi connectivity index (χ0v) is 18.2. The Morgan fingerprint density at radius 2 is 1.72 bits per heavy atom. The average molecular weight is 469 g/mol. The molecule has 2 aromatic carbocycles. The van der Waals surface area contributed by atoms with E-state index in [1.165, 1.54) is 23.3 Å². The average Bonchev–Trinajstić information content (AvgIpc) is 3.21. The molecule has 1 aliphatic carbocycles. The summed E-state index contributed by atoms with van der Waals surface area (Å²) in [6.45, 7) is 0.951. The summed E-state index contributed by atoms with van der Waals surface area (Å²) >= 11 is 0. The molecule has 1 saturated heterocycles. The maximum absolute atomic E-state index is 13.3. The lowest BCUT2D eigenvalue weighted by Gasteiger charge is -2.31. The summed E-state index contributed by atoms with van der Waals surface area (Å²) in [4.78, 5) is 12.6. The highest BCUT2D eigenvalue weighted by atomic mass is 32.2. The van der Waals surface area contributed by atoms with Crippen LogP contribution in [0.15, 0.2) is 47.4 Å². The number of fused-ring (bicyclic) bond motifs is 1. The van der Waals surface area contributed by atoms with Gasteiger partial charge in [0.25, 0.3) is 5.91 Å². The van der Waals surface area contributed by atoms with Crippen molar-refractivity contribution in [1.82, 2.24) is 4.31 Å². The molecule has 2 aliphatic rings. The quantitative estimate of drug-likeness (QED) is 0.702. The molecule has 1 heterocycles. The Balaban J connectivity index is 1.35.